The quantitative estimate of drug-likeness (QED) is 0.697. The molecule has 0 radical (unpaired) electrons. The largest absolute Gasteiger partial charge is 0.345 e. The molecule has 0 saturated carbocycles. The number of hydrogen-bond donors (Lipinski definition) is 1. The van der Waals surface area contributed by atoms with Gasteiger partial charge in [0.15, 0.2) is 0 Å². The Hall–Kier alpha value is -2.69. The third-order valence-corrected chi connectivity index (χ3v) is 5.51. The highest BCUT2D eigenvalue weighted by molar-refractivity contribution is 5.97. The van der Waals surface area contributed by atoms with Crippen molar-refractivity contribution in [2.75, 3.05) is 6.54 Å². The number of amides is 1. The molecule has 1 atom stereocenters. The molecule has 1 aromatic heterocycles. The van der Waals surface area contributed by atoms with E-state index in [1.54, 1.807) is 12.4 Å². The number of fused-ring (bicyclic) bond motifs is 2. The van der Waals surface area contributed by atoms with Crippen molar-refractivity contribution < 1.29 is 9.18 Å². The van der Waals surface area contributed by atoms with E-state index >= 15 is 0 Å². The first-order valence-electron chi connectivity index (χ1n) is 9.34. The van der Waals surface area contributed by atoms with Crippen LogP contribution in [0.1, 0.15) is 42.3 Å². The number of aromatic nitrogens is 2. The van der Waals surface area contributed by atoms with E-state index in [0.29, 0.717) is 18.5 Å². The highest BCUT2D eigenvalue weighted by atomic mass is 19.1. The molecule has 4 nitrogen and oxygen atoms in total. The van der Waals surface area contributed by atoms with Crippen molar-refractivity contribution in [3.05, 3.63) is 65.2 Å². The molecule has 5 heteroatoms. The molecule has 0 saturated heterocycles. The van der Waals surface area contributed by atoms with Crippen molar-refractivity contribution in [2.45, 2.75) is 39.7 Å². The van der Waals surface area contributed by atoms with Crippen LogP contribution in [0.25, 0.3) is 11.0 Å². The fraction of sp³-hybridized carbons (Fsp3) is 0.364. The number of carbonyl (C=O) groups is 1. The van der Waals surface area contributed by atoms with Crippen LogP contribution in [0.2, 0.25) is 0 Å². The third-order valence-electron chi connectivity index (χ3n) is 5.51. The van der Waals surface area contributed by atoms with Gasteiger partial charge in [0.25, 0.3) is 5.91 Å². The summed E-state index contributed by atoms with van der Waals surface area (Å²) < 4.78 is 13.8. The van der Waals surface area contributed by atoms with E-state index in [1.165, 1.54) is 6.07 Å². The minimum Gasteiger partial charge on any atom is -0.345 e. The summed E-state index contributed by atoms with van der Waals surface area (Å²) in [6, 6.07) is 10.5. The third kappa shape index (κ3) is 3.34. The summed E-state index contributed by atoms with van der Waals surface area (Å²) in [6.07, 6.45) is 3.03. The number of rotatable bonds is 1. The summed E-state index contributed by atoms with van der Waals surface area (Å²) in [4.78, 5) is 22.7. The Morgan fingerprint density at radius 2 is 2.00 bits per heavy atom. The lowest BCUT2D eigenvalue weighted by Crippen LogP contribution is -2.48. The van der Waals surface area contributed by atoms with E-state index < -0.39 is 0 Å². The minimum absolute atomic E-state index is 0.00878. The van der Waals surface area contributed by atoms with Gasteiger partial charge in [-0.3, -0.25) is 4.79 Å². The van der Waals surface area contributed by atoms with E-state index in [9.17, 15) is 9.18 Å². The minimum atomic E-state index is -0.217. The second-order valence-electron chi connectivity index (χ2n) is 8.38. The summed E-state index contributed by atoms with van der Waals surface area (Å²) in [5.41, 5.74) is 4.37. The Morgan fingerprint density at radius 1 is 1.19 bits per heavy atom. The van der Waals surface area contributed by atoms with Crippen LogP contribution < -0.4 is 0 Å². The molecule has 4 rings (SSSR count). The van der Waals surface area contributed by atoms with Crippen LogP contribution in [0.5, 0.6) is 0 Å². The molecule has 0 spiro atoms. The van der Waals surface area contributed by atoms with Gasteiger partial charge in [0, 0.05) is 18.2 Å². The smallest absolute Gasteiger partial charge is 0.254 e. The maximum absolute atomic E-state index is 13.8. The van der Waals surface area contributed by atoms with Crippen LogP contribution in [-0.2, 0) is 12.8 Å². The van der Waals surface area contributed by atoms with Crippen LogP contribution in [0.4, 0.5) is 4.39 Å². The average molecular weight is 365 g/mol. The van der Waals surface area contributed by atoms with Crippen LogP contribution in [-0.4, -0.2) is 33.4 Å². The van der Waals surface area contributed by atoms with E-state index in [-0.39, 0.29) is 23.2 Å². The summed E-state index contributed by atoms with van der Waals surface area (Å²) in [7, 11) is 0. The van der Waals surface area contributed by atoms with Gasteiger partial charge in [-0.15, -0.1) is 0 Å². The summed E-state index contributed by atoms with van der Waals surface area (Å²) in [5, 5.41) is 0. The zero-order valence-corrected chi connectivity index (χ0v) is 15.9. The maximum atomic E-state index is 13.8. The topological polar surface area (TPSA) is 49.0 Å². The van der Waals surface area contributed by atoms with Crippen molar-refractivity contribution in [1.82, 2.24) is 14.9 Å². The van der Waals surface area contributed by atoms with Crippen molar-refractivity contribution in [3.8, 4) is 0 Å². The Labute approximate surface area is 158 Å². The molecule has 0 aliphatic carbocycles. The molecule has 1 aliphatic rings. The van der Waals surface area contributed by atoms with Gasteiger partial charge in [0.2, 0.25) is 0 Å². The van der Waals surface area contributed by atoms with Gasteiger partial charge in [-0.25, -0.2) is 9.37 Å². The van der Waals surface area contributed by atoms with Gasteiger partial charge in [-0.1, -0.05) is 26.8 Å². The number of carbonyl (C=O) groups excluding carboxylic acids is 1. The number of H-pyrrole nitrogens is 1. The summed E-state index contributed by atoms with van der Waals surface area (Å²) in [6.45, 7) is 7.04. The Bertz CT molecular complexity index is 1000. The molecule has 0 bridgehead atoms. The predicted octanol–water partition coefficient (Wildman–Crippen LogP) is 4.36. The molecule has 1 aliphatic heterocycles. The Kier molecular flexibility index (Phi) is 4.25. The van der Waals surface area contributed by atoms with Gasteiger partial charge >= 0.3 is 0 Å². The van der Waals surface area contributed by atoms with E-state index in [4.69, 9.17) is 0 Å². The van der Waals surface area contributed by atoms with Gasteiger partial charge in [-0.05, 0) is 59.7 Å². The van der Waals surface area contributed by atoms with E-state index in [1.807, 2.05) is 29.2 Å². The molecule has 1 N–H and O–H groups in total. The molecule has 2 aromatic carbocycles. The van der Waals surface area contributed by atoms with Crippen LogP contribution >= 0.6 is 0 Å². The maximum Gasteiger partial charge on any atom is 0.254 e. The van der Waals surface area contributed by atoms with Crippen LogP contribution in [0, 0.1) is 11.2 Å². The molecule has 2 heterocycles. The summed E-state index contributed by atoms with van der Waals surface area (Å²) in [5.74, 6) is -0.203. The number of hydrogen-bond acceptors (Lipinski definition) is 2. The van der Waals surface area contributed by atoms with Gasteiger partial charge in [0.1, 0.15) is 5.82 Å². The second kappa shape index (κ2) is 6.48. The lowest BCUT2D eigenvalue weighted by molar-refractivity contribution is 0.0532. The lowest BCUT2D eigenvalue weighted by atomic mass is 9.81. The second-order valence-corrected chi connectivity index (χ2v) is 8.38. The first kappa shape index (κ1) is 17.7. The molecular weight excluding hydrogens is 341 g/mol. The van der Waals surface area contributed by atoms with Crippen molar-refractivity contribution in [2.24, 2.45) is 5.41 Å². The summed E-state index contributed by atoms with van der Waals surface area (Å²) >= 11 is 0. The number of aromatic amines is 1. The van der Waals surface area contributed by atoms with Gasteiger partial charge in [0.05, 0.1) is 17.4 Å². The number of benzene rings is 2. The van der Waals surface area contributed by atoms with Crippen molar-refractivity contribution >= 4 is 16.9 Å². The monoisotopic (exact) mass is 365 g/mol. The lowest BCUT2D eigenvalue weighted by Gasteiger charge is -2.39. The van der Waals surface area contributed by atoms with E-state index in [0.717, 1.165) is 28.6 Å². The van der Waals surface area contributed by atoms with E-state index in [2.05, 4.69) is 30.7 Å². The number of halogens is 1. The molecule has 1 amide bonds. The van der Waals surface area contributed by atoms with Crippen LogP contribution in [0.15, 0.2) is 42.7 Å². The first-order valence-corrected chi connectivity index (χ1v) is 9.34. The zero-order valence-electron chi connectivity index (χ0n) is 15.9. The normalized spacial score (nSPS) is 17.6. The Balaban J connectivity index is 1.72. The number of nitrogens with one attached hydrogen (secondary N) is 1. The predicted molar refractivity (Wildman–Crippen MR) is 104 cm³/mol. The Morgan fingerprint density at radius 3 is 2.78 bits per heavy atom. The number of imidazole rings is 1. The SMILES string of the molecule is CC(C)(C)C1Cc2cc(F)ccc2CCN1C(=O)c1ccc2nc[nH]c2c1. The van der Waals surface area contributed by atoms with Crippen molar-refractivity contribution in [3.63, 3.8) is 0 Å². The van der Waals surface area contributed by atoms with Gasteiger partial charge in [-0.2, -0.15) is 0 Å². The molecular formula is C22H24FN3O. The van der Waals surface area contributed by atoms with Crippen molar-refractivity contribution in [1.29, 1.82) is 0 Å². The molecule has 27 heavy (non-hydrogen) atoms. The number of nitrogens with zero attached hydrogens (tertiary/aromatic N) is 2. The molecule has 0 fully saturated rings. The highest BCUT2D eigenvalue weighted by Crippen LogP contribution is 2.32. The first-order chi connectivity index (χ1) is 12.8. The van der Waals surface area contributed by atoms with Crippen LogP contribution in [0.3, 0.4) is 0 Å². The molecule has 140 valence electrons. The fourth-order valence-corrected chi connectivity index (χ4v) is 3.99. The van der Waals surface area contributed by atoms with Gasteiger partial charge < -0.3 is 9.88 Å². The highest BCUT2D eigenvalue weighted by Gasteiger charge is 2.36. The molecule has 3 aromatic rings. The fourth-order valence-electron chi connectivity index (χ4n) is 3.99. The molecule has 1 unspecified atom stereocenters. The zero-order chi connectivity index (χ0) is 19.2. The average Bonchev–Trinajstić information content (AvgIpc) is 3.00. The standard InChI is InChI=1S/C22H24FN3O/c1-22(2,3)20-12-16-10-17(23)6-4-14(16)8-9-26(20)21(27)15-5-7-18-19(11-15)25-13-24-18/h4-7,10-11,13,20H,8-9,12H2,1-3H3,(H,24,25).